The molecule has 1 aromatic heterocycles. The molecule has 3 rings (SSSR count). The van der Waals surface area contributed by atoms with Gasteiger partial charge in [0.05, 0.1) is 6.04 Å². The van der Waals surface area contributed by atoms with Gasteiger partial charge in [0.15, 0.2) is 0 Å². The van der Waals surface area contributed by atoms with Gasteiger partial charge >= 0.3 is 0 Å². The van der Waals surface area contributed by atoms with Gasteiger partial charge in [-0.25, -0.2) is 0 Å². The van der Waals surface area contributed by atoms with Gasteiger partial charge in [0.25, 0.3) is 0 Å². The average Bonchev–Trinajstić information content (AvgIpc) is 2.87. The molecule has 0 spiro atoms. The number of nitrogens with one attached hydrogen (secondary N) is 1. The van der Waals surface area contributed by atoms with E-state index in [0.717, 1.165) is 18.0 Å². The summed E-state index contributed by atoms with van der Waals surface area (Å²) < 4.78 is 0. The fraction of sp³-hybridized carbons (Fsp3) is 0.286. The molecule has 1 atom stereocenters. The standard InChI is InChI=1S/C14H15N2OS/c1-16(17)11-4-2-10(3-5-11)14-12-7-9-18-13(12)6-8-15-14/h2-5,7,9,14-15H,6,8H2,1H3/q-1. The lowest BCUT2D eigenvalue weighted by molar-refractivity contribution is 0.575. The second kappa shape index (κ2) is 4.72. The molecule has 1 aromatic carbocycles. The van der Waals surface area contributed by atoms with Crippen molar-refractivity contribution in [1.82, 2.24) is 5.32 Å². The van der Waals surface area contributed by atoms with Crippen LogP contribution in [-0.2, 0) is 6.42 Å². The topological polar surface area (TPSA) is 38.3 Å². The molecule has 1 unspecified atom stereocenters. The fourth-order valence-corrected chi connectivity index (χ4v) is 3.35. The molecule has 0 saturated heterocycles. The van der Waals surface area contributed by atoms with Crippen LogP contribution in [0.25, 0.3) is 0 Å². The third kappa shape index (κ3) is 2.03. The maximum absolute atomic E-state index is 11.2. The summed E-state index contributed by atoms with van der Waals surface area (Å²) in [6.07, 6.45) is 1.12. The minimum Gasteiger partial charge on any atom is -0.758 e. The zero-order chi connectivity index (χ0) is 12.5. The van der Waals surface area contributed by atoms with E-state index >= 15 is 0 Å². The second-order valence-electron chi connectivity index (χ2n) is 4.53. The van der Waals surface area contributed by atoms with E-state index in [1.54, 1.807) is 0 Å². The number of hydroxylamine groups is 1. The molecule has 0 amide bonds. The van der Waals surface area contributed by atoms with Gasteiger partial charge in [0.1, 0.15) is 0 Å². The predicted molar refractivity (Wildman–Crippen MR) is 76.1 cm³/mol. The Hall–Kier alpha value is -1.36. The molecule has 18 heavy (non-hydrogen) atoms. The summed E-state index contributed by atoms with van der Waals surface area (Å²) in [5, 5.41) is 17.8. The molecule has 94 valence electrons. The van der Waals surface area contributed by atoms with Crippen LogP contribution in [0.5, 0.6) is 0 Å². The Morgan fingerprint density at radius 2 is 2.06 bits per heavy atom. The summed E-state index contributed by atoms with van der Waals surface area (Å²) in [6.45, 7) is 1.02. The largest absolute Gasteiger partial charge is 0.758 e. The average molecular weight is 259 g/mol. The van der Waals surface area contributed by atoms with Crippen molar-refractivity contribution in [1.29, 1.82) is 0 Å². The third-order valence-corrected chi connectivity index (χ3v) is 4.38. The van der Waals surface area contributed by atoms with Crippen LogP contribution in [0.1, 0.15) is 22.0 Å². The second-order valence-corrected chi connectivity index (χ2v) is 5.53. The maximum Gasteiger partial charge on any atom is 0.0587 e. The molecule has 1 N–H and O–H groups in total. The van der Waals surface area contributed by atoms with E-state index in [4.69, 9.17) is 0 Å². The van der Waals surface area contributed by atoms with Gasteiger partial charge in [0, 0.05) is 17.1 Å². The van der Waals surface area contributed by atoms with Gasteiger partial charge in [-0.1, -0.05) is 12.1 Å². The first kappa shape index (κ1) is 11.7. The van der Waals surface area contributed by atoms with Crippen LogP contribution in [0, 0.1) is 5.21 Å². The highest BCUT2D eigenvalue weighted by atomic mass is 32.1. The van der Waals surface area contributed by atoms with Crippen molar-refractivity contribution in [2.45, 2.75) is 12.5 Å². The summed E-state index contributed by atoms with van der Waals surface area (Å²) >= 11 is 1.83. The lowest BCUT2D eigenvalue weighted by Crippen LogP contribution is -2.29. The fourth-order valence-electron chi connectivity index (χ4n) is 2.43. The molecule has 0 radical (unpaired) electrons. The van der Waals surface area contributed by atoms with Crippen LogP contribution in [-0.4, -0.2) is 13.6 Å². The normalized spacial score (nSPS) is 18.4. The van der Waals surface area contributed by atoms with Crippen LogP contribution in [0.15, 0.2) is 35.7 Å². The molecular formula is C14H15N2OS-. The van der Waals surface area contributed by atoms with Crippen molar-refractivity contribution >= 4 is 17.0 Å². The lowest BCUT2D eigenvalue weighted by atomic mass is 9.95. The number of benzene rings is 1. The van der Waals surface area contributed by atoms with Gasteiger partial charge in [-0.05, 0) is 48.2 Å². The van der Waals surface area contributed by atoms with E-state index in [1.807, 2.05) is 35.6 Å². The smallest absolute Gasteiger partial charge is 0.0587 e. The summed E-state index contributed by atoms with van der Waals surface area (Å²) in [6, 6.07) is 10.3. The monoisotopic (exact) mass is 259 g/mol. The van der Waals surface area contributed by atoms with Gasteiger partial charge in [-0.3, -0.25) is 0 Å². The Bertz CT molecular complexity index is 533. The van der Waals surface area contributed by atoms with Crippen LogP contribution in [0.3, 0.4) is 0 Å². The molecule has 0 saturated carbocycles. The molecule has 3 nitrogen and oxygen atoms in total. The van der Waals surface area contributed by atoms with E-state index in [2.05, 4.69) is 16.8 Å². The minimum atomic E-state index is 0.269. The number of anilines is 1. The number of nitrogens with zero attached hydrogens (tertiary/aromatic N) is 1. The highest BCUT2D eigenvalue weighted by molar-refractivity contribution is 7.10. The summed E-state index contributed by atoms with van der Waals surface area (Å²) in [5.74, 6) is 0. The first-order valence-electron chi connectivity index (χ1n) is 6.06. The minimum absolute atomic E-state index is 0.269. The molecule has 0 fully saturated rings. The van der Waals surface area contributed by atoms with Gasteiger partial charge in [-0.15, -0.1) is 11.3 Å². The number of hydrogen-bond donors (Lipinski definition) is 1. The Morgan fingerprint density at radius 3 is 2.78 bits per heavy atom. The summed E-state index contributed by atoms with van der Waals surface area (Å²) in [5.41, 5.74) is 3.30. The van der Waals surface area contributed by atoms with Crippen LogP contribution in [0.4, 0.5) is 5.69 Å². The van der Waals surface area contributed by atoms with Crippen molar-refractivity contribution in [3.8, 4) is 0 Å². The van der Waals surface area contributed by atoms with Crippen LogP contribution >= 0.6 is 11.3 Å². The first-order valence-corrected chi connectivity index (χ1v) is 6.94. The van der Waals surface area contributed by atoms with E-state index in [9.17, 15) is 5.21 Å². The SMILES string of the molecule is CN([O-])c1ccc(C2NCCc3sccc32)cc1. The van der Waals surface area contributed by atoms with Crippen molar-refractivity contribution in [3.63, 3.8) is 0 Å². The van der Waals surface area contributed by atoms with E-state index in [1.165, 1.54) is 23.1 Å². The highest BCUT2D eigenvalue weighted by Crippen LogP contribution is 2.32. The third-order valence-electron chi connectivity index (χ3n) is 3.38. The molecule has 2 aromatic rings. The molecule has 2 heterocycles. The first-order chi connectivity index (χ1) is 8.75. The quantitative estimate of drug-likeness (QED) is 0.843. The lowest BCUT2D eigenvalue weighted by Gasteiger charge is -2.27. The molecule has 1 aliphatic heterocycles. The maximum atomic E-state index is 11.2. The van der Waals surface area contributed by atoms with Crippen LogP contribution in [0.2, 0.25) is 0 Å². The zero-order valence-corrected chi connectivity index (χ0v) is 11.0. The number of hydrogen-bond acceptors (Lipinski definition) is 4. The molecular weight excluding hydrogens is 244 g/mol. The predicted octanol–water partition coefficient (Wildman–Crippen LogP) is 2.92. The molecule has 4 heteroatoms. The van der Waals surface area contributed by atoms with E-state index < -0.39 is 0 Å². The summed E-state index contributed by atoms with van der Waals surface area (Å²) in [4.78, 5) is 1.48. The molecule has 0 bridgehead atoms. The van der Waals surface area contributed by atoms with Gasteiger partial charge < -0.3 is 15.6 Å². The number of rotatable bonds is 2. The Balaban J connectivity index is 1.92. The zero-order valence-electron chi connectivity index (χ0n) is 10.2. The van der Waals surface area contributed by atoms with Gasteiger partial charge in [0.2, 0.25) is 0 Å². The van der Waals surface area contributed by atoms with Gasteiger partial charge in [-0.2, -0.15) is 0 Å². The molecule has 1 aliphatic rings. The van der Waals surface area contributed by atoms with E-state index in [0.29, 0.717) is 5.69 Å². The van der Waals surface area contributed by atoms with Crippen molar-refractivity contribution in [2.24, 2.45) is 0 Å². The van der Waals surface area contributed by atoms with Crippen LogP contribution < -0.4 is 10.4 Å². The number of thiophene rings is 1. The Morgan fingerprint density at radius 1 is 1.28 bits per heavy atom. The molecule has 0 aliphatic carbocycles. The van der Waals surface area contributed by atoms with Crippen molar-refractivity contribution in [3.05, 3.63) is 56.9 Å². The van der Waals surface area contributed by atoms with Crippen molar-refractivity contribution in [2.75, 3.05) is 18.7 Å². The Labute approximate surface area is 111 Å². The highest BCUT2D eigenvalue weighted by Gasteiger charge is 2.21. The summed E-state index contributed by atoms with van der Waals surface area (Å²) in [7, 11) is 1.52. The number of fused-ring (bicyclic) bond motifs is 1. The van der Waals surface area contributed by atoms with E-state index in [-0.39, 0.29) is 6.04 Å². The Kier molecular flexibility index (Phi) is 3.07. The van der Waals surface area contributed by atoms with Crippen molar-refractivity contribution < 1.29 is 0 Å².